The Morgan fingerprint density at radius 3 is 2.93 bits per heavy atom. The monoisotopic (exact) mass is 196 g/mol. The van der Waals surface area contributed by atoms with E-state index in [9.17, 15) is 4.79 Å². The first-order chi connectivity index (χ1) is 6.83. The zero-order valence-electron chi connectivity index (χ0n) is 8.96. The van der Waals surface area contributed by atoms with Crippen LogP contribution >= 0.6 is 0 Å². The molecule has 2 rings (SSSR count). The van der Waals surface area contributed by atoms with Gasteiger partial charge in [0, 0.05) is 12.6 Å². The molecule has 0 aliphatic carbocycles. The van der Waals surface area contributed by atoms with E-state index in [-0.39, 0.29) is 6.04 Å². The van der Waals surface area contributed by atoms with E-state index in [0.717, 1.165) is 32.4 Å². The fourth-order valence-corrected chi connectivity index (χ4v) is 2.65. The minimum Gasteiger partial charge on any atom is -0.338 e. The van der Waals surface area contributed by atoms with Crippen LogP contribution in [0.1, 0.15) is 39.0 Å². The molecule has 0 aromatic heterocycles. The van der Waals surface area contributed by atoms with Gasteiger partial charge < -0.3 is 10.2 Å². The van der Waals surface area contributed by atoms with Crippen LogP contribution in [0.5, 0.6) is 0 Å². The summed E-state index contributed by atoms with van der Waals surface area (Å²) in [6.07, 6.45) is 5.69. The van der Waals surface area contributed by atoms with Crippen LogP contribution in [0.25, 0.3) is 0 Å². The summed E-state index contributed by atoms with van der Waals surface area (Å²) < 4.78 is 0. The molecule has 0 aromatic carbocycles. The third kappa shape index (κ3) is 1.78. The fraction of sp³-hybridized carbons (Fsp3) is 0.909. The van der Waals surface area contributed by atoms with Crippen LogP contribution in [0.2, 0.25) is 0 Å². The molecule has 2 heterocycles. The summed E-state index contributed by atoms with van der Waals surface area (Å²) >= 11 is 0. The molecule has 2 saturated heterocycles. The van der Waals surface area contributed by atoms with Crippen LogP contribution in [-0.4, -0.2) is 36.0 Å². The van der Waals surface area contributed by atoms with Crippen LogP contribution in [0, 0.1) is 0 Å². The van der Waals surface area contributed by atoms with Gasteiger partial charge in [-0.2, -0.15) is 0 Å². The van der Waals surface area contributed by atoms with Gasteiger partial charge in [0.25, 0.3) is 0 Å². The lowest BCUT2D eigenvalue weighted by molar-refractivity contribution is -0.133. The Hall–Kier alpha value is -0.570. The highest BCUT2D eigenvalue weighted by atomic mass is 16.2. The van der Waals surface area contributed by atoms with Gasteiger partial charge in [-0.1, -0.05) is 6.92 Å². The van der Waals surface area contributed by atoms with Crippen LogP contribution in [0.15, 0.2) is 0 Å². The lowest BCUT2D eigenvalue weighted by Gasteiger charge is -2.26. The molecule has 1 amide bonds. The van der Waals surface area contributed by atoms with Crippen molar-refractivity contribution in [3.63, 3.8) is 0 Å². The first kappa shape index (κ1) is 9.97. The van der Waals surface area contributed by atoms with Crippen LogP contribution < -0.4 is 5.32 Å². The summed E-state index contributed by atoms with van der Waals surface area (Å²) in [5, 5.41) is 3.29. The molecule has 1 unspecified atom stereocenters. The number of rotatable bonds is 2. The lowest BCUT2D eigenvalue weighted by atomic mass is 10.1. The number of amides is 1. The van der Waals surface area contributed by atoms with Crippen molar-refractivity contribution in [2.45, 2.75) is 51.1 Å². The Bertz CT molecular complexity index is 211. The predicted molar refractivity (Wildman–Crippen MR) is 56.1 cm³/mol. The lowest BCUT2D eigenvalue weighted by Crippen LogP contribution is -2.45. The molecule has 14 heavy (non-hydrogen) atoms. The molecule has 0 bridgehead atoms. The van der Waals surface area contributed by atoms with Crippen LogP contribution in [0.4, 0.5) is 0 Å². The average Bonchev–Trinajstić information content (AvgIpc) is 2.87. The largest absolute Gasteiger partial charge is 0.338 e. The van der Waals surface area contributed by atoms with Gasteiger partial charge in [0.2, 0.25) is 5.91 Å². The molecule has 0 saturated carbocycles. The molecule has 2 aliphatic heterocycles. The van der Waals surface area contributed by atoms with Crippen LogP contribution in [0.3, 0.4) is 0 Å². The first-order valence-electron chi connectivity index (χ1n) is 5.86. The average molecular weight is 196 g/mol. The second kappa shape index (κ2) is 4.30. The van der Waals surface area contributed by atoms with Gasteiger partial charge in [0.15, 0.2) is 0 Å². The summed E-state index contributed by atoms with van der Waals surface area (Å²) in [6.45, 7) is 4.18. The molecule has 1 N–H and O–H groups in total. The number of nitrogens with one attached hydrogen (secondary N) is 1. The number of hydrogen-bond acceptors (Lipinski definition) is 2. The van der Waals surface area contributed by atoms with Crippen molar-refractivity contribution >= 4 is 5.91 Å². The topological polar surface area (TPSA) is 32.3 Å². The highest BCUT2D eigenvalue weighted by Crippen LogP contribution is 2.22. The van der Waals surface area contributed by atoms with Gasteiger partial charge in [-0.15, -0.1) is 0 Å². The molecular weight excluding hydrogens is 176 g/mol. The summed E-state index contributed by atoms with van der Waals surface area (Å²) in [5.74, 6) is 0.354. The SMILES string of the molecule is CCC1CCCN1C(=O)[C@@H]1CCCN1. The molecule has 0 aromatic rings. The zero-order valence-corrected chi connectivity index (χ0v) is 8.96. The Kier molecular flexibility index (Phi) is 3.06. The van der Waals surface area contributed by atoms with E-state index >= 15 is 0 Å². The number of carbonyl (C=O) groups is 1. The van der Waals surface area contributed by atoms with Gasteiger partial charge >= 0.3 is 0 Å². The maximum Gasteiger partial charge on any atom is 0.239 e. The van der Waals surface area contributed by atoms with Gasteiger partial charge in [0.05, 0.1) is 6.04 Å². The number of hydrogen-bond donors (Lipinski definition) is 1. The second-order valence-corrected chi connectivity index (χ2v) is 4.38. The first-order valence-corrected chi connectivity index (χ1v) is 5.86. The number of likely N-dealkylation sites (tertiary alicyclic amines) is 1. The standard InChI is InChI=1S/C11H20N2O/c1-2-9-5-4-8-13(9)11(14)10-6-3-7-12-10/h9-10,12H,2-8H2,1H3/t9?,10-/m0/s1. The van der Waals surface area contributed by atoms with Crippen molar-refractivity contribution in [1.29, 1.82) is 0 Å². The van der Waals surface area contributed by atoms with Gasteiger partial charge in [-0.3, -0.25) is 4.79 Å². The minimum atomic E-state index is 0.127. The van der Waals surface area contributed by atoms with E-state index in [1.54, 1.807) is 0 Å². The third-order valence-electron chi connectivity index (χ3n) is 3.49. The summed E-state index contributed by atoms with van der Waals surface area (Å²) in [5.41, 5.74) is 0. The maximum atomic E-state index is 12.1. The van der Waals surface area contributed by atoms with Crippen molar-refractivity contribution in [3.05, 3.63) is 0 Å². The molecule has 80 valence electrons. The van der Waals surface area contributed by atoms with Gasteiger partial charge in [-0.05, 0) is 38.6 Å². The minimum absolute atomic E-state index is 0.127. The van der Waals surface area contributed by atoms with E-state index < -0.39 is 0 Å². The fourth-order valence-electron chi connectivity index (χ4n) is 2.65. The van der Waals surface area contributed by atoms with Crippen LogP contribution in [-0.2, 0) is 4.79 Å². The molecule has 0 spiro atoms. The Morgan fingerprint density at radius 1 is 1.43 bits per heavy atom. The second-order valence-electron chi connectivity index (χ2n) is 4.38. The summed E-state index contributed by atoms with van der Waals surface area (Å²) in [6, 6.07) is 0.645. The van der Waals surface area contributed by atoms with E-state index in [1.165, 1.54) is 12.8 Å². The predicted octanol–water partition coefficient (Wildman–Crippen LogP) is 1.14. The molecule has 2 fully saturated rings. The van der Waals surface area contributed by atoms with Crippen molar-refractivity contribution in [2.75, 3.05) is 13.1 Å². The normalized spacial score (nSPS) is 32.5. The van der Waals surface area contributed by atoms with E-state index in [0.29, 0.717) is 11.9 Å². The highest BCUT2D eigenvalue weighted by Gasteiger charge is 2.32. The smallest absolute Gasteiger partial charge is 0.239 e. The molecule has 2 atom stereocenters. The molecular formula is C11H20N2O. The molecule has 0 radical (unpaired) electrons. The van der Waals surface area contributed by atoms with E-state index in [2.05, 4.69) is 17.1 Å². The number of carbonyl (C=O) groups excluding carboxylic acids is 1. The van der Waals surface area contributed by atoms with Gasteiger partial charge in [0.1, 0.15) is 0 Å². The molecule has 3 nitrogen and oxygen atoms in total. The summed E-state index contributed by atoms with van der Waals surface area (Å²) in [7, 11) is 0. The Balaban J connectivity index is 1.95. The Labute approximate surface area is 85.8 Å². The maximum absolute atomic E-state index is 12.1. The quantitative estimate of drug-likeness (QED) is 0.718. The highest BCUT2D eigenvalue weighted by molar-refractivity contribution is 5.82. The van der Waals surface area contributed by atoms with Gasteiger partial charge in [-0.25, -0.2) is 0 Å². The van der Waals surface area contributed by atoms with E-state index in [4.69, 9.17) is 0 Å². The molecule has 3 heteroatoms. The van der Waals surface area contributed by atoms with Crippen molar-refractivity contribution in [1.82, 2.24) is 10.2 Å². The Morgan fingerprint density at radius 2 is 2.29 bits per heavy atom. The third-order valence-corrected chi connectivity index (χ3v) is 3.49. The summed E-state index contributed by atoms with van der Waals surface area (Å²) in [4.78, 5) is 14.2. The number of nitrogens with zero attached hydrogens (tertiary/aromatic N) is 1. The van der Waals surface area contributed by atoms with Crippen molar-refractivity contribution < 1.29 is 4.79 Å². The van der Waals surface area contributed by atoms with E-state index in [1.807, 2.05) is 0 Å². The van der Waals surface area contributed by atoms with Crippen molar-refractivity contribution in [2.24, 2.45) is 0 Å². The zero-order chi connectivity index (χ0) is 9.97. The molecule has 2 aliphatic rings. The van der Waals surface area contributed by atoms with Crippen molar-refractivity contribution in [3.8, 4) is 0 Å².